The maximum absolute atomic E-state index is 14.4. The highest BCUT2D eigenvalue weighted by atomic mass is 16.4. The van der Waals surface area contributed by atoms with Gasteiger partial charge >= 0.3 is 5.97 Å². The van der Waals surface area contributed by atoms with E-state index in [1.54, 1.807) is 13.8 Å². The maximum Gasteiger partial charge on any atom is 0.326 e. The number of carboxylic acids is 1. The van der Waals surface area contributed by atoms with Crippen molar-refractivity contribution in [2.24, 2.45) is 84.0 Å². The molecule has 0 heterocycles. The lowest BCUT2D eigenvalue weighted by molar-refractivity contribution is -0.142. The Hall–Kier alpha value is -8.71. The van der Waals surface area contributed by atoms with Crippen molar-refractivity contribution in [2.75, 3.05) is 32.7 Å². The molecule has 89 heavy (non-hydrogen) atoms. The summed E-state index contributed by atoms with van der Waals surface area (Å²) in [6.07, 6.45) is -1.74. The second-order valence-electron chi connectivity index (χ2n) is 21.4. The average molecular weight is 1270 g/mol. The van der Waals surface area contributed by atoms with Gasteiger partial charge < -0.3 is 121 Å². The topological polar surface area (TPSA) is 677 Å². The standard InChI is InChI=1S/C52H99N23O14/c1-26(2)38(74-46(85)34(18-20-37(57)78)69-41(80)29(55)17-19-36(56)77)47(86)67-27(3)40(79)68-30(12-5-7-21-53)42(81)70-32(14-9-23-64-50(58)59)43(82)71-33(15-10-24-65-51(60)61)45(84)75-39(28(4)76)48(87)72-31(13-6-8-22-54)44(83)73-35(49(88)89)16-11-25-66-52(62)63/h26-35,38-39,76H,5-25,53-55H2,1-4H3,(H2,56,77)(H2,57,78)(H,67,86)(H,68,79)(H,69,80)(H,70,81)(H,71,82)(H,72,87)(H,73,83)(H,74,85)(H,75,84)(H,88,89)(H4,58,59,64)(H4,60,61,65)(H4,62,63,66)/t27-,28+,29-,30-,31-,32-,33-,34-,35-,38-,39-/m0/s1. The summed E-state index contributed by atoms with van der Waals surface area (Å²) < 4.78 is 0. The molecule has 0 fully saturated rings. The third kappa shape index (κ3) is 35.0. The van der Waals surface area contributed by atoms with Gasteiger partial charge in [0, 0.05) is 32.5 Å². The van der Waals surface area contributed by atoms with Crippen LogP contribution in [0.15, 0.2) is 15.0 Å². The van der Waals surface area contributed by atoms with Gasteiger partial charge in [-0.15, -0.1) is 0 Å². The first-order valence-corrected chi connectivity index (χ1v) is 29.3. The van der Waals surface area contributed by atoms with Gasteiger partial charge in [0.1, 0.15) is 54.4 Å². The average Bonchev–Trinajstić information content (AvgIpc) is 3.59. The van der Waals surface area contributed by atoms with E-state index in [1.807, 2.05) is 0 Å². The largest absolute Gasteiger partial charge is 0.480 e. The summed E-state index contributed by atoms with van der Waals surface area (Å²) in [5.41, 5.74) is 60.5. The number of carbonyl (C=O) groups excluding carboxylic acids is 11. The number of primary amides is 2. The Bertz CT molecular complexity index is 2420. The van der Waals surface area contributed by atoms with Crippen molar-refractivity contribution in [3.63, 3.8) is 0 Å². The van der Waals surface area contributed by atoms with E-state index in [0.29, 0.717) is 12.8 Å². The number of carbonyl (C=O) groups is 12. The molecule has 0 saturated heterocycles. The number of nitrogens with one attached hydrogen (secondary N) is 9. The molecule has 0 aromatic heterocycles. The summed E-state index contributed by atoms with van der Waals surface area (Å²) in [5.74, 6) is -12.8. The van der Waals surface area contributed by atoms with E-state index < -0.39 is 143 Å². The van der Waals surface area contributed by atoms with Crippen LogP contribution in [0.5, 0.6) is 0 Å². The molecule has 0 bridgehead atoms. The first-order chi connectivity index (χ1) is 41.8. The van der Waals surface area contributed by atoms with E-state index >= 15 is 0 Å². The van der Waals surface area contributed by atoms with Gasteiger partial charge in [-0.25, -0.2) is 4.79 Å². The Morgan fingerprint density at radius 2 is 0.685 bits per heavy atom. The van der Waals surface area contributed by atoms with Gasteiger partial charge in [0.25, 0.3) is 0 Å². The number of aliphatic hydroxyl groups is 1. The van der Waals surface area contributed by atoms with E-state index in [2.05, 4.69) is 62.8 Å². The fourth-order valence-corrected chi connectivity index (χ4v) is 8.28. The number of aliphatic hydroxyl groups excluding tert-OH is 1. The fraction of sp³-hybridized carbons (Fsp3) is 0.712. The summed E-state index contributed by atoms with van der Waals surface area (Å²) in [4.78, 5) is 171. The van der Waals surface area contributed by atoms with E-state index in [4.69, 9.17) is 63.1 Å². The fourth-order valence-electron chi connectivity index (χ4n) is 8.28. The van der Waals surface area contributed by atoms with Gasteiger partial charge in [-0.3, -0.25) is 67.7 Å². The van der Waals surface area contributed by atoms with E-state index in [0.717, 1.165) is 6.92 Å². The lowest BCUT2D eigenvalue weighted by Gasteiger charge is -2.29. The SMILES string of the molecule is CC(C)[C@H](NC(=O)[C@H](CCC(N)=O)NC(=O)[C@@H](N)CCC(N)=O)C(=O)N[C@@H](C)C(=O)N[C@@H](CCCCN)C(=O)N[C@@H](CCCN=C(N)N)C(=O)N[C@@H](CCCN=C(N)N)C(=O)N[C@H](C(=O)N[C@@H](CCCCN)C(=O)N[C@@H](CCCN=C(N)N)C(=O)O)[C@@H](C)O. The number of nitrogens with zero attached hydrogens (tertiary/aromatic N) is 3. The quantitative estimate of drug-likeness (QED) is 0.0153. The molecule has 0 unspecified atom stereocenters. The van der Waals surface area contributed by atoms with Crippen molar-refractivity contribution < 1.29 is 67.7 Å². The van der Waals surface area contributed by atoms with Gasteiger partial charge in [0.05, 0.1) is 12.1 Å². The van der Waals surface area contributed by atoms with Gasteiger partial charge in [-0.2, -0.15) is 0 Å². The Morgan fingerprint density at radius 3 is 1.06 bits per heavy atom. The monoisotopic (exact) mass is 1270 g/mol. The Morgan fingerprint density at radius 1 is 0.371 bits per heavy atom. The smallest absolute Gasteiger partial charge is 0.326 e. The lowest BCUT2D eigenvalue weighted by atomic mass is 10.0. The molecule has 0 aromatic rings. The van der Waals surface area contributed by atoms with E-state index in [1.165, 1.54) is 6.92 Å². The third-order valence-electron chi connectivity index (χ3n) is 13.3. The van der Waals surface area contributed by atoms with Crippen LogP contribution in [-0.2, 0) is 57.5 Å². The van der Waals surface area contributed by atoms with Gasteiger partial charge in [-0.1, -0.05) is 13.8 Å². The molecule has 0 saturated carbocycles. The molecule has 0 radical (unpaired) electrons. The summed E-state index contributed by atoms with van der Waals surface area (Å²) in [5, 5.41) is 43.2. The minimum absolute atomic E-state index is 0.0311. The van der Waals surface area contributed by atoms with Crippen molar-refractivity contribution in [1.29, 1.82) is 0 Å². The highest BCUT2D eigenvalue weighted by molar-refractivity contribution is 5.99. The molecule has 506 valence electrons. The van der Waals surface area contributed by atoms with E-state index in [-0.39, 0.29) is 140 Å². The Kier molecular flexibility index (Phi) is 39.5. The van der Waals surface area contributed by atoms with Gasteiger partial charge in [0.15, 0.2) is 17.9 Å². The van der Waals surface area contributed by atoms with Crippen LogP contribution in [-0.4, -0.2) is 198 Å². The second-order valence-corrected chi connectivity index (χ2v) is 21.4. The Balaban J connectivity index is 6.94. The van der Waals surface area contributed by atoms with Crippen LogP contribution >= 0.6 is 0 Å². The minimum Gasteiger partial charge on any atom is -0.480 e. The molecule has 0 rings (SSSR count). The number of hydrogen-bond acceptors (Lipinski definition) is 19. The number of aliphatic imine (C=N–C) groups is 3. The predicted molar refractivity (Wildman–Crippen MR) is 328 cm³/mol. The molecule has 37 heteroatoms. The van der Waals surface area contributed by atoms with Crippen LogP contribution in [0, 0.1) is 5.92 Å². The Labute approximate surface area is 516 Å². The number of aliphatic carboxylic acids is 1. The zero-order valence-electron chi connectivity index (χ0n) is 51.3. The molecular weight excluding hydrogens is 1170 g/mol. The molecule has 33 N–H and O–H groups in total. The van der Waals surface area contributed by atoms with E-state index in [9.17, 15) is 67.7 Å². The van der Waals surface area contributed by atoms with Crippen LogP contribution in [0.4, 0.5) is 0 Å². The molecule has 0 aliphatic rings. The van der Waals surface area contributed by atoms with Gasteiger partial charge in [-0.05, 0) is 123 Å². The molecule has 0 aromatic carbocycles. The zero-order chi connectivity index (χ0) is 67.9. The predicted octanol–water partition coefficient (Wildman–Crippen LogP) is -9.23. The number of guanidine groups is 3. The normalized spacial score (nSPS) is 14.7. The molecule has 11 atom stereocenters. The number of nitrogens with two attached hydrogens (primary N) is 11. The molecule has 0 spiro atoms. The molecule has 11 amide bonds. The summed E-state index contributed by atoms with van der Waals surface area (Å²) in [6.45, 7) is 5.94. The number of rotatable bonds is 47. The summed E-state index contributed by atoms with van der Waals surface area (Å²) in [7, 11) is 0. The van der Waals surface area contributed by atoms with Gasteiger partial charge in [0.2, 0.25) is 65.0 Å². The molecule has 0 aliphatic carbocycles. The minimum atomic E-state index is -1.80. The van der Waals surface area contributed by atoms with Crippen molar-refractivity contribution in [1.82, 2.24) is 47.9 Å². The van der Waals surface area contributed by atoms with Crippen LogP contribution in [0.3, 0.4) is 0 Å². The van der Waals surface area contributed by atoms with Crippen LogP contribution in [0.25, 0.3) is 0 Å². The number of unbranched alkanes of at least 4 members (excludes halogenated alkanes) is 2. The first-order valence-electron chi connectivity index (χ1n) is 29.3. The summed E-state index contributed by atoms with van der Waals surface area (Å²) >= 11 is 0. The molecule has 37 nitrogen and oxygen atoms in total. The lowest BCUT2D eigenvalue weighted by Crippen LogP contribution is -2.61. The van der Waals surface area contributed by atoms with Crippen molar-refractivity contribution in [3.8, 4) is 0 Å². The number of hydrogen-bond donors (Lipinski definition) is 22. The van der Waals surface area contributed by atoms with Crippen molar-refractivity contribution in [2.45, 2.75) is 197 Å². The van der Waals surface area contributed by atoms with Crippen molar-refractivity contribution >= 4 is 88.8 Å². The van der Waals surface area contributed by atoms with Crippen LogP contribution < -0.4 is 111 Å². The summed E-state index contributed by atoms with van der Waals surface area (Å²) in [6, 6.07) is -14.5. The number of amides is 11. The third-order valence-corrected chi connectivity index (χ3v) is 13.3. The number of carboxylic acid groups (broad SMARTS) is 1. The van der Waals surface area contributed by atoms with Crippen LogP contribution in [0.1, 0.15) is 130 Å². The van der Waals surface area contributed by atoms with Crippen molar-refractivity contribution in [3.05, 3.63) is 0 Å². The second kappa shape index (κ2) is 43.8. The molecule has 0 aliphatic heterocycles. The zero-order valence-corrected chi connectivity index (χ0v) is 51.3. The highest BCUT2D eigenvalue weighted by Gasteiger charge is 2.36. The van der Waals surface area contributed by atoms with Crippen LogP contribution in [0.2, 0.25) is 0 Å². The molecular formula is C52H99N23O14. The highest BCUT2D eigenvalue weighted by Crippen LogP contribution is 2.12. The first kappa shape index (κ1) is 80.3. The maximum atomic E-state index is 14.4.